The third-order valence-electron chi connectivity index (χ3n) is 4.34. The fraction of sp³-hybridized carbons (Fsp3) is 0.278. The fourth-order valence-electron chi connectivity index (χ4n) is 2.63. The topological polar surface area (TPSA) is 120 Å². The maximum Gasteiger partial charge on any atom is 0.238 e. The molecule has 0 spiro atoms. The summed E-state index contributed by atoms with van der Waals surface area (Å²) in [7, 11) is -3.86. The fourth-order valence-corrected chi connectivity index (χ4v) is 4.69. The first-order chi connectivity index (χ1) is 13.7. The minimum Gasteiger partial charge on any atom is -0.325 e. The van der Waals surface area contributed by atoms with E-state index in [1.54, 1.807) is 24.6 Å². The summed E-state index contributed by atoms with van der Waals surface area (Å²) in [5.41, 5.74) is 1.95. The summed E-state index contributed by atoms with van der Waals surface area (Å²) in [5.74, 6) is -0.146. The monoisotopic (exact) mass is 451 g/mol. The van der Waals surface area contributed by atoms with Gasteiger partial charge in [-0.1, -0.05) is 17.8 Å². The number of sulfonamides is 1. The molecule has 8 nitrogen and oxygen atoms in total. The highest BCUT2D eigenvalue weighted by Crippen LogP contribution is 2.24. The van der Waals surface area contributed by atoms with Gasteiger partial charge in [-0.3, -0.25) is 4.79 Å². The molecule has 11 heteroatoms. The van der Waals surface area contributed by atoms with Crippen LogP contribution in [-0.2, 0) is 27.8 Å². The summed E-state index contributed by atoms with van der Waals surface area (Å²) in [6.07, 6.45) is 2.52. The van der Waals surface area contributed by atoms with E-state index >= 15 is 0 Å². The SMILES string of the molecule is Cc1cc(S(N)(=O)=O)cc(NC(=O)CSc2nncn2CCc2cccs2)c1C. The Balaban J connectivity index is 1.63. The Kier molecular flexibility index (Phi) is 6.73. The number of amides is 1. The Bertz CT molecular complexity index is 1110. The summed E-state index contributed by atoms with van der Waals surface area (Å²) in [6, 6.07) is 6.96. The first-order valence-electron chi connectivity index (χ1n) is 8.71. The molecular weight excluding hydrogens is 430 g/mol. The largest absolute Gasteiger partial charge is 0.325 e. The van der Waals surface area contributed by atoms with Crippen LogP contribution < -0.4 is 10.5 Å². The van der Waals surface area contributed by atoms with Gasteiger partial charge in [0.25, 0.3) is 0 Å². The summed E-state index contributed by atoms with van der Waals surface area (Å²) in [5, 5.41) is 18.7. The van der Waals surface area contributed by atoms with Crippen molar-refractivity contribution in [2.24, 2.45) is 5.14 Å². The van der Waals surface area contributed by atoms with E-state index in [0.717, 1.165) is 24.1 Å². The Hall–Kier alpha value is -2.21. The third kappa shape index (κ3) is 5.66. The normalized spacial score (nSPS) is 11.6. The standard InChI is InChI=1S/C18H21N5O3S3/c1-12-8-15(29(19,25)26)9-16(13(12)2)21-17(24)10-28-18-22-20-11-23(18)6-5-14-4-3-7-27-14/h3-4,7-9,11H,5-6,10H2,1-2H3,(H,21,24)(H2,19,25,26). The van der Waals surface area contributed by atoms with E-state index in [-0.39, 0.29) is 16.6 Å². The van der Waals surface area contributed by atoms with Crippen molar-refractivity contribution >= 4 is 44.7 Å². The zero-order valence-electron chi connectivity index (χ0n) is 16.0. The number of hydrogen-bond donors (Lipinski definition) is 2. The van der Waals surface area contributed by atoms with Crippen molar-refractivity contribution in [1.82, 2.24) is 14.8 Å². The molecule has 0 bridgehead atoms. The second-order valence-electron chi connectivity index (χ2n) is 6.43. The van der Waals surface area contributed by atoms with Crippen LogP contribution in [0.2, 0.25) is 0 Å². The van der Waals surface area contributed by atoms with Crippen molar-refractivity contribution in [3.05, 3.63) is 52.0 Å². The average Bonchev–Trinajstić information content (AvgIpc) is 3.32. The van der Waals surface area contributed by atoms with Gasteiger partial charge in [0.1, 0.15) is 6.33 Å². The molecular formula is C18H21N5O3S3. The van der Waals surface area contributed by atoms with Gasteiger partial charge in [0.05, 0.1) is 10.6 Å². The summed E-state index contributed by atoms with van der Waals surface area (Å²) >= 11 is 2.97. The molecule has 3 aromatic rings. The van der Waals surface area contributed by atoms with Gasteiger partial charge in [0, 0.05) is 17.1 Å². The van der Waals surface area contributed by atoms with Crippen LogP contribution in [0.25, 0.3) is 0 Å². The van der Waals surface area contributed by atoms with Crippen LogP contribution in [0.4, 0.5) is 5.69 Å². The van der Waals surface area contributed by atoms with Crippen LogP contribution in [-0.4, -0.2) is 34.8 Å². The van der Waals surface area contributed by atoms with E-state index < -0.39 is 10.0 Å². The molecule has 0 unspecified atom stereocenters. The predicted octanol–water partition coefficient (Wildman–Crippen LogP) is 2.58. The van der Waals surface area contributed by atoms with E-state index in [1.165, 1.54) is 28.8 Å². The zero-order valence-corrected chi connectivity index (χ0v) is 18.4. The molecule has 1 amide bonds. The van der Waals surface area contributed by atoms with Gasteiger partial charge < -0.3 is 9.88 Å². The van der Waals surface area contributed by atoms with E-state index in [9.17, 15) is 13.2 Å². The van der Waals surface area contributed by atoms with E-state index in [2.05, 4.69) is 21.6 Å². The van der Waals surface area contributed by atoms with E-state index in [0.29, 0.717) is 10.8 Å². The summed E-state index contributed by atoms with van der Waals surface area (Å²) < 4.78 is 25.2. The maximum absolute atomic E-state index is 12.4. The number of aryl methyl sites for hydroxylation is 3. The van der Waals surface area contributed by atoms with Crippen LogP contribution in [0.15, 0.2) is 46.0 Å². The third-order valence-corrected chi connectivity index (χ3v) is 7.14. The van der Waals surface area contributed by atoms with Crippen molar-refractivity contribution < 1.29 is 13.2 Å². The maximum atomic E-state index is 12.4. The van der Waals surface area contributed by atoms with Gasteiger partial charge in [-0.15, -0.1) is 21.5 Å². The first kappa shape index (κ1) is 21.5. The molecule has 0 fully saturated rings. The van der Waals surface area contributed by atoms with Gasteiger partial charge in [0.2, 0.25) is 15.9 Å². The number of thioether (sulfide) groups is 1. The van der Waals surface area contributed by atoms with Crippen molar-refractivity contribution in [3.63, 3.8) is 0 Å². The molecule has 2 heterocycles. The Morgan fingerprint density at radius 1 is 1.34 bits per heavy atom. The number of nitrogens with two attached hydrogens (primary N) is 1. The van der Waals surface area contributed by atoms with E-state index in [1.807, 2.05) is 22.9 Å². The van der Waals surface area contributed by atoms with Gasteiger partial charge in [-0.05, 0) is 55.0 Å². The highest BCUT2D eigenvalue weighted by atomic mass is 32.2. The van der Waals surface area contributed by atoms with Crippen molar-refractivity contribution in [2.45, 2.75) is 36.9 Å². The number of carbonyl (C=O) groups excluding carboxylic acids is 1. The second-order valence-corrected chi connectivity index (χ2v) is 9.97. The summed E-state index contributed by atoms with van der Waals surface area (Å²) in [6.45, 7) is 4.31. The van der Waals surface area contributed by atoms with Gasteiger partial charge >= 0.3 is 0 Å². The molecule has 0 aliphatic carbocycles. The highest BCUT2D eigenvalue weighted by molar-refractivity contribution is 7.99. The lowest BCUT2D eigenvalue weighted by Crippen LogP contribution is -2.18. The molecule has 0 saturated heterocycles. The zero-order chi connectivity index (χ0) is 21.0. The van der Waals surface area contributed by atoms with Crippen LogP contribution >= 0.6 is 23.1 Å². The first-order valence-corrected chi connectivity index (χ1v) is 12.1. The molecule has 2 aromatic heterocycles. The van der Waals surface area contributed by atoms with E-state index in [4.69, 9.17) is 5.14 Å². The van der Waals surface area contributed by atoms with Gasteiger partial charge in [0.15, 0.2) is 5.16 Å². The number of anilines is 1. The number of nitrogens with one attached hydrogen (secondary N) is 1. The second kappa shape index (κ2) is 9.08. The van der Waals surface area contributed by atoms with Crippen LogP contribution in [0, 0.1) is 13.8 Å². The highest BCUT2D eigenvalue weighted by Gasteiger charge is 2.15. The number of aromatic nitrogens is 3. The minimum atomic E-state index is -3.86. The molecule has 0 saturated carbocycles. The molecule has 1 aromatic carbocycles. The number of nitrogens with zero attached hydrogens (tertiary/aromatic N) is 3. The quantitative estimate of drug-likeness (QED) is 0.508. The Morgan fingerprint density at radius 3 is 2.83 bits per heavy atom. The average molecular weight is 452 g/mol. The minimum absolute atomic E-state index is 0.0307. The number of carbonyl (C=O) groups is 1. The predicted molar refractivity (Wildman–Crippen MR) is 115 cm³/mol. The molecule has 154 valence electrons. The summed E-state index contributed by atoms with van der Waals surface area (Å²) in [4.78, 5) is 13.7. The lowest BCUT2D eigenvalue weighted by atomic mass is 10.1. The molecule has 29 heavy (non-hydrogen) atoms. The van der Waals surface area contributed by atoms with Crippen LogP contribution in [0.1, 0.15) is 16.0 Å². The van der Waals surface area contributed by atoms with Crippen molar-refractivity contribution in [3.8, 4) is 0 Å². The molecule has 3 N–H and O–H groups in total. The number of primary sulfonamides is 1. The molecule has 3 rings (SSSR count). The number of rotatable bonds is 8. The molecule has 0 radical (unpaired) electrons. The molecule has 0 aliphatic heterocycles. The Labute approximate surface area is 177 Å². The Morgan fingerprint density at radius 2 is 2.14 bits per heavy atom. The number of hydrogen-bond acceptors (Lipinski definition) is 7. The lowest BCUT2D eigenvalue weighted by Gasteiger charge is -2.12. The van der Waals surface area contributed by atoms with Gasteiger partial charge in [-0.2, -0.15) is 0 Å². The smallest absolute Gasteiger partial charge is 0.238 e. The molecule has 0 aliphatic rings. The van der Waals surface area contributed by atoms with Crippen LogP contribution in [0.3, 0.4) is 0 Å². The van der Waals surface area contributed by atoms with Crippen LogP contribution in [0.5, 0.6) is 0 Å². The van der Waals surface area contributed by atoms with Crippen molar-refractivity contribution in [2.75, 3.05) is 11.1 Å². The molecule has 0 atom stereocenters. The van der Waals surface area contributed by atoms with Gasteiger partial charge in [-0.25, -0.2) is 13.6 Å². The number of thiophene rings is 1. The van der Waals surface area contributed by atoms with Crippen molar-refractivity contribution in [1.29, 1.82) is 0 Å². The number of benzene rings is 1. The lowest BCUT2D eigenvalue weighted by molar-refractivity contribution is -0.113.